The molecule has 144 valence electrons. The lowest BCUT2D eigenvalue weighted by Gasteiger charge is -2.19. The molecule has 1 aliphatic heterocycles. The molecule has 27 heavy (non-hydrogen) atoms. The molecule has 1 fully saturated rings. The van der Waals surface area contributed by atoms with Gasteiger partial charge in [0.1, 0.15) is 0 Å². The maximum atomic E-state index is 12.2. The molecular formula is C19H21Cl2N3OS2. The molecular weight excluding hydrogens is 421 g/mol. The number of hydrazone groups is 1. The third-order valence-electron chi connectivity index (χ3n) is 4.39. The van der Waals surface area contributed by atoms with E-state index < -0.39 is 0 Å². The van der Waals surface area contributed by atoms with Gasteiger partial charge in [0.25, 0.3) is 0 Å². The van der Waals surface area contributed by atoms with Gasteiger partial charge in [-0.15, -0.1) is 23.5 Å². The number of amides is 1. The summed E-state index contributed by atoms with van der Waals surface area (Å²) < 4.78 is 1.99. The van der Waals surface area contributed by atoms with Gasteiger partial charge in [-0.2, -0.15) is 5.10 Å². The SMILES string of the molecule is Cc1cc(/C=N\NC(=O)CC2(C)SCCS2)c(C)n1-c1cc(Cl)ccc1Cl. The number of hydrogen-bond donors (Lipinski definition) is 1. The highest BCUT2D eigenvalue weighted by Crippen LogP contribution is 2.45. The maximum Gasteiger partial charge on any atom is 0.242 e. The van der Waals surface area contributed by atoms with Crippen LogP contribution in [-0.2, 0) is 4.79 Å². The van der Waals surface area contributed by atoms with E-state index in [2.05, 4.69) is 17.5 Å². The van der Waals surface area contributed by atoms with Crippen molar-refractivity contribution in [3.8, 4) is 5.69 Å². The van der Waals surface area contributed by atoms with Crippen LogP contribution in [0.15, 0.2) is 29.4 Å². The Kier molecular flexibility index (Phi) is 6.51. The predicted molar refractivity (Wildman–Crippen MR) is 119 cm³/mol. The standard InChI is InChI=1S/C19H21Cl2N3OS2/c1-12-8-14(11-22-23-18(25)10-19(3)26-6-7-27-19)13(2)24(12)17-9-15(20)4-5-16(17)21/h4-5,8-9,11H,6-7,10H2,1-3H3,(H,23,25)/b22-11-. The number of benzene rings is 1. The molecule has 1 aliphatic rings. The second kappa shape index (κ2) is 8.52. The molecule has 0 unspecified atom stereocenters. The van der Waals surface area contributed by atoms with Crippen LogP contribution in [0, 0.1) is 13.8 Å². The first kappa shape index (κ1) is 20.6. The molecule has 0 atom stereocenters. The van der Waals surface area contributed by atoms with Gasteiger partial charge in [0.05, 0.1) is 27.4 Å². The lowest BCUT2D eigenvalue weighted by Crippen LogP contribution is -2.26. The van der Waals surface area contributed by atoms with Crippen molar-refractivity contribution in [1.82, 2.24) is 9.99 Å². The van der Waals surface area contributed by atoms with Crippen molar-refractivity contribution >= 4 is 58.8 Å². The summed E-state index contributed by atoms with van der Waals surface area (Å²) in [6.07, 6.45) is 2.13. The van der Waals surface area contributed by atoms with E-state index in [0.717, 1.165) is 34.1 Å². The molecule has 0 spiro atoms. The Morgan fingerprint density at radius 1 is 1.30 bits per heavy atom. The lowest BCUT2D eigenvalue weighted by atomic mass is 10.2. The van der Waals surface area contributed by atoms with Crippen LogP contribution in [0.1, 0.15) is 30.3 Å². The smallest absolute Gasteiger partial charge is 0.242 e. The molecule has 3 rings (SSSR count). The number of halogens is 2. The molecule has 2 heterocycles. The van der Waals surface area contributed by atoms with Crippen LogP contribution >= 0.6 is 46.7 Å². The molecule has 4 nitrogen and oxygen atoms in total. The average molecular weight is 442 g/mol. The summed E-state index contributed by atoms with van der Waals surface area (Å²) in [5.74, 6) is 2.12. The Balaban J connectivity index is 1.74. The zero-order valence-electron chi connectivity index (χ0n) is 15.4. The molecule has 8 heteroatoms. The van der Waals surface area contributed by atoms with Crippen molar-refractivity contribution in [3.05, 3.63) is 51.3 Å². The Morgan fingerprint density at radius 2 is 2.00 bits per heavy atom. The van der Waals surface area contributed by atoms with Gasteiger partial charge in [0.2, 0.25) is 5.91 Å². The van der Waals surface area contributed by atoms with Crippen molar-refractivity contribution in [1.29, 1.82) is 0 Å². The molecule has 0 bridgehead atoms. The van der Waals surface area contributed by atoms with E-state index in [4.69, 9.17) is 23.2 Å². The van der Waals surface area contributed by atoms with Crippen molar-refractivity contribution in [2.24, 2.45) is 5.10 Å². The predicted octanol–water partition coefficient (Wildman–Crippen LogP) is 5.44. The van der Waals surface area contributed by atoms with E-state index in [0.29, 0.717) is 16.5 Å². The van der Waals surface area contributed by atoms with Crippen molar-refractivity contribution in [2.45, 2.75) is 31.3 Å². The van der Waals surface area contributed by atoms with Crippen LogP contribution in [0.4, 0.5) is 0 Å². The molecule has 2 aromatic rings. The van der Waals surface area contributed by atoms with E-state index in [1.165, 1.54) is 0 Å². The van der Waals surface area contributed by atoms with Crippen LogP contribution in [0.3, 0.4) is 0 Å². The van der Waals surface area contributed by atoms with Crippen molar-refractivity contribution in [2.75, 3.05) is 11.5 Å². The Morgan fingerprint density at radius 3 is 2.70 bits per heavy atom. The highest BCUT2D eigenvalue weighted by atomic mass is 35.5. The summed E-state index contributed by atoms with van der Waals surface area (Å²) in [6.45, 7) is 6.09. The second-order valence-corrected chi connectivity index (χ2v) is 10.9. The minimum Gasteiger partial charge on any atom is -0.316 e. The number of nitrogens with one attached hydrogen (secondary N) is 1. The van der Waals surface area contributed by atoms with Crippen LogP contribution in [0.5, 0.6) is 0 Å². The highest BCUT2D eigenvalue weighted by Gasteiger charge is 2.32. The number of hydrogen-bond acceptors (Lipinski definition) is 4. The van der Waals surface area contributed by atoms with Crippen molar-refractivity contribution < 1.29 is 4.79 Å². The maximum absolute atomic E-state index is 12.2. The number of thioether (sulfide) groups is 2. The number of aromatic nitrogens is 1. The van der Waals surface area contributed by atoms with Gasteiger partial charge in [-0.3, -0.25) is 4.79 Å². The van der Waals surface area contributed by atoms with Gasteiger partial charge in [0.15, 0.2) is 0 Å². The minimum atomic E-state index is -0.0673. The summed E-state index contributed by atoms with van der Waals surface area (Å²) in [5.41, 5.74) is 6.37. The molecule has 1 amide bonds. The monoisotopic (exact) mass is 441 g/mol. The molecule has 0 radical (unpaired) electrons. The molecule has 1 N–H and O–H groups in total. The van der Waals surface area contributed by atoms with Gasteiger partial charge in [-0.05, 0) is 45.0 Å². The van der Waals surface area contributed by atoms with Crippen LogP contribution < -0.4 is 5.43 Å². The van der Waals surface area contributed by atoms with Crippen LogP contribution in [-0.4, -0.2) is 32.3 Å². The Labute approximate surface area is 178 Å². The van der Waals surface area contributed by atoms with E-state index in [1.54, 1.807) is 18.3 Å². The molecule has 1 aromatic carbocycles. The first-order chi connectivity index (χ1) is 12.8. The van der Waals surface area contributed by atoms with Gasteiger partial charge >= 0.3 is 0 Å². The van der Waals surface area contributed by atoms with Gasteiger partial charge in [-0.1, -0.05) is 23.2 Å². The number of rotatable bonds is 5. The van der Waals surface area contributed by atoms with Gasteiger partial charge in [-0.25, -0.2) is 5.43 Å². The van der Waals surface area contributed by atoms with Gasteiger partial charge < -0.3 is 4.57 Å². The summed E-state index contributed by atoms with van der Waals surface area (Å²) in [6, 6.07) is 7.39. The van der Waals surface area contributed by atoms with Crippen LogP contribution in [0.25, 0.3) is 5.69 Å². The zero-order chi connectivity index (χ0) is 19.6. The summed E-state index contributed by atoms with van der Waals surface area (Å²) in [7, 11) is 0. The summed E-state index contributed by atoms with van der Waals surface area (Å²) >= 11 is 16.1. The molecule has 1 aromatic heterocycles. The second-order valence-electron chi connectivity index (χ2n) is 6.56. The van der Waals surface area contributed by atoms with E-state index in [1.807, 2.05) is 54.1 Å². The third-order valence-corrected chi connectivity index (χ3v) is 8.24. The van der Waals surface area contributed by atoms with Crippen LogP contribution in [0.2, 0.25) is 10.0 Å². The zero-order valence-corrected chi connectivity index (χ0v) is 18.5. The summed E-state index contributed by atoms with van der Waals surface area (Å²) in [5, 5.41) is 5.40. The first-order valence-corrected chi connectivity index (χ1v) is 11.3. The minimum absolute atomic E-state index is 0.0429. The first-order valence-electron chi connectivity index (χ1n) is 8.53. The van der Waals surface area contributed by atoms with Crippen molar-refractivity contribution in [3.63, 3.8) is 0 Å². The number of nitrogens with zero attached hydrogens (tertiary/aromatic N) is 2. The number of carbonyl (C=O) groups is 1. The van der Waals surface area contributed by atoms with E-state index >= 15 is 0 Å². The highest BCUT2D eigenvalue weighted by molar-refractivity contribution is 8.21. The van der Waals surface area contributed by atoms with E-state index in [-0.39, 0.29) is 9.99 Å². The Hall–Kier alpha value is -1.08. The normalized spacial score (nSPS) is 16.2. The molecule has 1 saturated heterocycles. The summed E-state index contributed by atoms with van der Waals surface area (Å²) in [4.78, 5) is 12.2. The molecule has 0 saturated carbocycles. The largest absolute Gasteiger partial charge is 0.316 e. The Bertz CT molecular complexity index is 889. The topological polar surface area (TPSA) is 46.4 Å². The quantitative estimate of drug-likeness (QED) is 0.496. The van der Waals surface area contributed by atoms with E-state index in [9.17, 15) is 4.79 Å². The third kappa shape index (κ3) is 4.86. The average Bonchev–Trinajstić information content (AvgIpc) is 3.14. The lowest BCUT2D eigenvalue weighted by molar-refractivity contribution is -0.121. The molecule has 0 aliphatic carbocycles. The fourth-order valence-electron chi connectivity index (χ4n) is 3.11. The number of aryl methyl sites for hydroxylation is 1. The fraction of sp³-hybridized carbons (Fsp3) is 0.368. The number of carbonyl (C=O) groups excluding carboxylic acids is 1. The van der Waals surface area contributed by atoms with Gasteiger partial charge in [0, 0.05) is 33.5 Å². The fourth-order valence-corrected chi connectivity index (χ4v) is 6.31.